The molecule has 1 heterocycles. The van der Waals surface area contributed by atoms with Gasteiger partial charge in [-0.05, 0) is 25.8 Å². The number of rotatable bonds is 9. The second-order valence-corrected chi connectivity index (χ2v) is 7.09. The van der Waals surface area contributed by atoms with E-state index < -0.39 is 10.2 Å². The van der Waals surface area contributed by atoms with Crippen molar-refractivity contribution in [3.05, 3.63) is 12.7 Å². The van der Waals surface area contributed by atoms with Gasteiger partial charge in [0.2, 0.25) is 0 Å². The Balaban J connectivity index is 2.78. The van der Waals surface area contributed by atoms with Gasteiger partial charge in [-0.1, -0.05) is 26.3 Å². The molecule has 0 aliphatic carbocycles. The molecule has 20 heavy (non-hydrogen) atoms. The molecule has 1 N–H and O–H groups in total. The first-order valence-corrected chi connectivity index (χ1v) is 9.06. The van der Waals surface area contributed by atoms with Gasteiger partial charge in [0.1, 0.15) is 0 Å². The third kappa shape index (κ3) is 4.55. The van der Waals surface area contributed by atoms with Crippen LogP contribution in [0.4, 0.5) is 0 Å². The Kier molecular flexibility index (Phi) is 7.72. The molecule has 0 aromatic heterocycles. The van der Waals surface area contributed by atoms with E-state index in [1.165, 1.54) is 4.31 Å². The van der Waals surface area contributed by atoms with E-state index in [0.29, 0.717) is 19.6 Å². The minimum Gasteiger partial charge on any atom is -0.315 e. The fraction of sp³-hybridized carbons (Fsp3) is 0.857. The van der Waals surface area contributed by atoms with Crippen LogP contribution in [0.25, 0.3) is 0 Å². The zero-order chi connectivity index (χ0) is 15.0. The number of likely N-dealkylation sites (N-methyl/N-ethyl adjacent to an activating group) is 1. The van der Waals surface area contributed by atoms with E-state index in [9.17, 15) is 8.42 Å². The first kappa shape index (κ1) is 17.6. The van der Waals surface area contributed by atoms with Crippen LogP contribution >= 0.6 is 0 Å². The van der Waals surface area contributed by atoms with E-state index >= 15 is 0 Å². The average molecular weight is 303 g/mol. The molecule has 6 heteroatoms. The van der Waals surface area contributed by atoms with Gasteiger partial charge < -0.3 is 5.32 Å². The molecule has 0 amide bonds. The molecule has 0 aromatic rings. The minimum atomic E-state index is -3.37. The highest BCUT2D eigenvalue weighted by Gasteiger charge is 2.35. The van der Waals surface area contributed by atoms with Crippen molar-refractivity contribution in [2.24, 2.45) is 0 Å². The van der Waals surface area contributed by atoms with Crippen molar-refractivity contribution in [1.29, 1.82) is 0 Å². The molecular formula is C14H29N3O2S. The third-order valence-electron chi connectivity index (χ3n) is 3.69. The number of nitrogens with one attached hydrogen (secondary N) is 1. The summed E-state index contributed by atoms with van der Waals surface area (Å²) in [6, 6.07) is 0.0826. The molecule has 1 aliphatic rings. The van der Waals surface area contributed by atoms with Crippen LogP contribution in [0.1, 0.15) is 39.5 Å². The standard InChI is InChI=1S/C14H29N3O2S/c1-4-10-15-13-14-9-7-8-12-17(14)20(18,19)16(6-3)11-5-2/h5,14-15H,2,4,6-13H2,1,3H3. The lowest BCUT2D eigenvalue weighted by Crippen LogP contribution is -2.53. The molecule has 1 fully saturated rings. The van der Waals surface area contributed by atoms with Gasteiger partial charge in [-0.2, -0.15) is 17.0 Å². The summed E-state index contributed by atoms with van der Waals surface area (Å²) in [6.45, 7) is 10.8. The lowest BCUT2D eigenvalue weighted by molar-refractivity contribution is 0.229. The molecule has 1 saturated heterocycles. The van der Waals surface area contributed by atoms with E-state index in [-0.39, 0.29) is 6.04 Å². The van der Waals surface area contributed by atoms with E-state index in [0.717, 1.165) is 38.8 Å². The van der Waals surface area contributed by atoms with Gasteiger partial charge in [0.05, 0.1) is 0 Å². The smallest absolute Gasteiger partial charge is 0.282 e. The van der Waals surface area contributed by atoms with Crippen LogP contribution in [0.15, 0.2) is 12.7 Å². The highest BCUT2D eigenvalue weighted by molar-refractivity contribution is 7.86. The monoisotopic (exact) mass is 303 g/mol. The van der Waals surface area contributed by atoms with Crippen molar-refractivity contribution >= 4 is 10.2 Å². The Morgan fingerprint density at radius 3 is 2.75 bits per heavy atom. The molecule has 0 radical (unpaired) electrons. The molecule has 118 valence electrons. The number of hydrogen-bond donors (Lipinski definition) is 1. The summed E-state index contributed by atoms with van der Waals surface area (Å²) in [5.41, 5.74) is 0. The van der Waals surface area contributed by atoms with E-state index in [1.54, 1.807) is 10.4 Å². The molecule has 1 rings (SSSR count). The van der Waals surface area contributed by atoms with E-state index in [2.05, 4.69) is 18.8 Å². The second kappa shape index (κ2) is 8.77. The zero-order valence-electron chi connectivity index (χ0n) is 12.8. The van der Waals surface area contributed by atoms with Crippen LogP contribution in [-0.4, -0.2) is 55.8 Å². The topological polar surface area (TPSA) is 52.7 Å². The molecule has 5 nitrogen and oxygen atoms in total. The molecule has 0 saturated carbocycles. The number of nitrogens with zero attached hydrogens (tertiary/aromatic N) is 2. The highest BCUT2D eigenvalue weighted by atomic mass is 32.2. The van der Waals surface area contributed by atoms with E-state index in [1.807, 2.05) is 6.92 Å². The Morgan fingerprint density at radius 1 is 1.40 bits per heavy atom. The molecule has 1 atom stereocenters. The fourth-order valence-electron chi connectivity index (χ4n) is 2.61. The van der Waals surface area contributed by atoms with E-state index in [4.69, 9.17) is 0 Å². The van der Waals surface area contributed by atoms with Gasteiger partial charge in [-0.3, -0.25) is 0 Å². The first-order valence-electron chi connectivity index (χ1n) is 7.66. The lowest BCUT2D eigenvalue weighted by atomic mass is 10.1. The first-order chi connectivity index (χ1) is 9.57. The summed E-state index contributed by atoms with van der Waals surface area (Å²) in [5, 5.41) is 3.35. The van der Waals surface area contributed by atoms with Gasteiger partial charge in [-0.25, -0.2) is 0 Å². The molecule has 0 bridgehead atoms. The van der Waals surface area contributed by atoms with Gasteiger partial charge in [0, 0.05) is 32.2 Å². The Morgan fingerprint density at radius 2 is 2.15 bits per heavy atom. The summed E-state index contributed by atoms with van der Waals surface area (Å²) in [7, 11) is -3.37. The Labute approximate surface area is 124 Å². The maximum absolute atomic E-state index is 12.7. The summed E-state index contributed by atoms with van der Waals surface area (Å²) < 4.78 is 28.6. The van der Waals surface area contributed by atoms with Crippen LogP contribution in [0.2, 0.25) is 0 Å². The fourth-order valence-corrected chi connectivity index (χ4v) is 4.44. The summed E-state index contributed by atoms with van der Waals surface area (Å²) in [6.07, 6.45) is 5.72. The van der Waals surface area contributed by atoms with Crippen molar-refractivity contribution in [2.75, 3.05) is 32.7 Å². The van der Waals surface area contributed by atoms with Crippen LogP contribution < -0.4 is 5.32 Å². The van der Waals surface area contributed by atoms with Gasteiger partial charge in [0.25, 0.3) is 10.2 Å². The van der Waals surface area contributed by atoms with Crippen molar-refractivity contribution in [2.45, 2.75) is 45.6 Å². The average Bonchev–Trinajstić information content (AvgIpc) is 2.45. The van der Waals surface area contributed by atoms with Crippen LogP contribution in [0.3, 0.4) is 0 Å². The highest BCUT2D eigenvalue weighted by Crippen LogP contribution is 2.22. The van der Waals surface area contributed by atoms with Gasteiger partial charge >= 0.3 is 0 Å². The molecular weight excluding hydrogens is 274 g/mol. The number of piperidine rings is 1. The van der Waals surface area contributed by atoms with Gasteiger partial charge in [-0.15, -0.1) is 6.58 Å². The zero-order valence-corrected chi connectivity index (χ0v) is 13.7. The molecule has 0 aromatic carbocycles. The van der Waals surface area contributed by atoms with Crippen molar-refractivity contribution in [3.63, 3.8) is 0 Å². The molecule has 0 spiro atoms. The predicted molar refractivity (Wildman–Crippen MR) is 83.9 cm³/mol. The Hall–Kier alpha value is -0.430. The van der Waals surface area contributed by atoms with Gasteiger partial charge in [0.15, 0.2) is 0 Å². The van der Waals surface area contributed by atoms with Crippen LogP contribution in [-0.2, 0) is 10.2 Å². The maximum Gasteiger partial charge on any atom is 0.282 e. The number of hydrogen-bond acceptors (Lipinski definition) is 3. The Bertz CT molecular complexity index is 384. The maximum atomic E-state index is 12.7. The second-order valence-electron chi connectivity index (χ2n) is 5.21. The lowest BCUT2D eigenvalue weighted by Gasteiger charge is -2.37. The third-order valence-corrected chi connectivity index (χ3v) is 5.82. The van der Waals surface area contributed by atoms with Crippen molar-refractivity contribution < 1.29 is 8.42 Å². The summed E-state index contributed by atoms with van der Waals surface area (Å²) in [5.74, 6) is 0. The molecule has 1 unspecified atom stereocenters. The van der Waals surface area contributed by atoms with Crippen molar-refractivity contribution in [1.82, 2.24) is 13.9 Å². The largest absolute Gasteiger partial charge is 0.315 e. The SMILES string of the molecule is C=CCN(CC)S(=O)(=O)N1CCCCC1CNCCC. The summed E-state index contributed by atoms with van der Waals surface area (Å²) >= 11 is 0. The van der Waals surface area contributed by atoms with Crippen LogP contribution in [0, 0.1) is 0 Å². The predicted octanol–water partition coefficient (Wildman–Crippen LogP) is 1.59. The molecule has 1 aliphatic heterocycles. The quantitative estimate of drug-likeness (QED) is 0.520. The summed E-state index contributed by atoms with van der Waals surface area (Å²) in [4.78, 5) is 0. The van der Waals surface area contributed by atoms with Crippen molar-refractivity contribution in [3.8, 4) is 0 Å². The van der Waals surface area contributed by atoms with Crippen LogP contribution in [0.5, 0.6) is 0 Å². The minimum absolute atomic E-state index is 0.0826. The normalized spacial score (nSPS) is 21.2.